The van der Waals surface area contributed by atoms with Crippen molar-refractivity contribution in [1.82, 2.24) is 0 Å². The lowest BCUT2D eigenvalue weighted by molar-refractivity contribution is 1.13. The van der Waals surface area contributed by atoms with Crippen LogP contribution in [-0.2, 0) is 0 Å². The van der Waals surface area contributed by atoms with E-state index in [1.807, 2.05) is 0 Å². The van der Waals surface area contributed by atoms with Gasteiger partial charge in [-0.15, -0.1) is 0 Å². The fraction of sp³-hybridized carbons (Fsp3) is 0.0200. The van der Waals surface area contributed by atoms with Crippen LogP contribution in [0.3, 0.4) is 0 Å². The second-order valence-electron chi connectivity index (χ2n) is 13.8. The fourth-order valence-electron chi connectivity index (χ4n) is 8.68. The Kier molecular flexibility index (Phi) is 6.08. The van der Waals surface area contributed by atoms with E-state index >= 15 is 0 Å². The molecule has 1 aliphatic heterocycles. The second kappa shape index (κ2) is 11.0. The molecule has 2 aliphatic rings. The summed E-state index contributed by atoms with van der Waals surface area (Å²) in [5.41, 5.74) is 11.2. The van der Waals surface area contributed by atoms with Gasteiger partial charge in [-0.1, -0.05) is 158 Å². The van der Waals surface area contributed by atoms with Crippen LogP contribution in [0.15, 0.2) is 175 Å². The molecule has 51 heavy (non-hydrogen) atoms. The van der Waals surface area contributed by atoms with E-state index in [-0.39, 0.29) is 5.92 Å². The van der Waals surface area contributed by atoms with Crippen LogP contribution in [0.2, 0.25) is 0 Å². The van der Waals surface area contributed by atoms with Crippen molar-refractivity contribution in [2.24, 2.45) is 4.99 Å². The lowest BCUT2D eigenvalue weighted by Crippen LogP contribution is -2.18. The van der Waals surface area contributed by atoms with Crippen molar-refractivity contribution in [2.45, 2.75) is 5.92 Å². The molecule has 0 saturated carbocycles. The van der Waals surface area contributed by atoms with Gasteiger partial charge in [0.2, 0.25) is 0 Å². The largest absolute Gasteiger partial charge is 0.248 e. The van der Waals surface area contributed by atoms with Crippen molar-refractivity contribution < 1.29 is 0 Å². The number of hydrogen-bond donors (Lipinski definition) is 0. The highest BCUT2D eigenvalue weighted by Crippen LogP contribution is 2.45. The maximum atomic E-state index is 5.09. The van der Waals surface area contributed by atoms with Gasteiger partial charge in [0, 0.05) is 17.0 Å². The molecule has 1 heterocycles. The Morgan fingerprint density at radius 1 is 0.412 bits per heavy atom. The Hall–Kier alpha value is -6.57. The van der Waals surface area contributed by atoms with Gasteiger partial charge in [-0.25, -0.2) is 4.99 Å². The molecule has 0 bridgehead atoms. The highest BCUT2D eigenvalue weighted by Gasteiger charge is 2.23. The first-order valence-electron chi connectivity index (χ1n) is 17.8. The normalized spacial score (nSPS) is 14.3. The Balaban J connectivity index is 1.02. The van der Waals surface area contributed by atoms with Gasteiger partial charge in [-0.2, -0.15) is 0 Å². The third-order valence-corrected chi connectivity index (χ3v) is 11.0. The van der Waals surface area contributed by atoms with Gasteiger partial charge in [-0.05, 0) is 106 Å². The molecule has 0 fully saturated rings. The molecule has 0 amide bonds. The van der Waals surface area contributed by atoms with Crippen molar-refractivity contribution in [3.8, 4) is 33.4 Å². The first-order chi connectivity index (χ1) is 25.3. The van der Waals surface area contributed by atoms with E-state index < -0.39 is 0 Å². The monoisotopic (exact) mass is 645 g/mol. The van der Waals surface area contributed by atoms with Gasteiger partial charge < -0.3 is 0 Å². The van der Waals surface area contributed by atoms with E-state index in [1.165, 1.54) is 92.8 Å². The van der Waals surface area contributed by atoms with E-state index in [2.05, 4.69) is 182 Å². The fourth-order valence-corrected chi connectivity index (χ4v) is 8.68. The first kappa shape index (κ1) is 28.3. The second-order valence-corrected chi connectivity index (χ2v) is 13.8. The standard InChI is InChI=1S/C50H31N/c1-2-10-32(11-3-1)47-40-14-6-8-16-42(40)48(43-17-9-7-15-41(43)47)33-20-18-31(19-21-33)36-22-25-39-37(29-36)23-26-45-49(39)50-44-30-35-13-5-4-12-34(35)28-38(44)24-27-46(50)51-45/h1-30,36H. The Bertz CT molecular complexity index is 3000. The molecule has 0 aromatic heterocycles. The summed E-state index contributed by atoms with van der Waals surface area (Å²) < 4.78 is 0. The zero-order valence-electron chi connectivity index (χ0n) is 27.8. The molecule has 0 N–H and O–H groups in total. The minimum atomic E-state index is 0.188. The van der Waals surface area contributed by atoms with Crippen LogP contribution < -0.4 is 10.6 Å². The number of allylic oxidation sites excluding steroid dienone is 1. The number of benzene rings is 9. The molecule has 1 nitrogen and oxygen atoms in total. The van der Waals surface area contributed by atoms with Gasteiger partial charge in [0.15, 0.2) is 0 Å². The van der Waals surface area contributed by atoms with Gasteiger partial charge >= 0.3 is 0 Å². The molecule has 0 saturated heterocycles. The average molecular weight is 646 g/mol. The lowest BCUT2D eigenvalue weighted by Gasteiger charge is -2.19. The van der Waals surface area contributed by atoms with Crippen LogP contribution in [0, 0.1) is 0 Å². The molecule has 1 heteroatoms. The van der Waals surface area contributed by atoms with Crippen LogP contribution in [0.4, 0.5) is 5.69 Å². The minimum Gasteiger partial charge on any atom is -0.248 e. The number of rotatable bonds is 3. The summed E-state index contributed by atoms with van der Waals surface area (Å²) in [6.45, 7) is 0. The zero-order chi connectivity index (χ0) is 33.5. The first-order valence-corrected chi connectivity index (χ1v) is 17.8. The molecule has 9 aromatic carbocycles. The summed E-state index contributed by atoms with van der Waals surface area (Å²) in [7, 11) is 0. The maximum Gasteiger partial charge on any atom is 0.0723 e. The zero-order valence-corrected chi connectivity index (χ0v) is 27.8. The van der Waals surface area contributed by atoms with E-state index in [0.29, 0.717) is 0 Å². The van der Waals surface area contributed by atoms with Crippen molar-refractivity contribution in [3.63, 3.8) is 0 Å². The lowest BCUT2D eigenvalue weighted by atomic mass is 9.84. The van der Waals surface area contributed by atoms with Gasteiger partial charge in [0.05, 0.1) is 11.0 Å². The molecular weight excluding hydrogens is 615 g/mol. The van der Waals surface area contributed by atoms with E-state index in [0.717, 1.165) is 11.0 Å². The molecule has 9 aromatic rings. The summed E-state index contributed by atoms with van der Waals surface area (Å²) in [6, 6.07) is 59.9. The summed E-state index contributed by atoms with van der Waals surface area (Å²) >= 11 is 0. The molecular formula is C50H31N. The Labute approximate surface area is 295 Å². The van der Waals surface area contributed by atoms with Gasteiger partial charge in [0.25, 0.3) is 0 Å². The van der Waals surface area contributed by atoms with E-state index in [1.54, 1.807) is 0 Å². The number of fused-ring (bicyclic) bond motifs is 10. The van der Waals surface area contributed by atoms with Gasteiger partial charge in [-0.3, -0.25) is 0 Å². The predicted molar refractivity (Wildman–Crippen MR) is 216 cm³/mol. The molecule has 1 unspecified atom stereocenters. The highest BCUT2D eigenvalue weighted by molar-refractivity contribution is 6.21. The van der Waals surface area contributed by atoms with E-state index in [4.69, 9.17) is 4.99 Å². The highest BCUT2D eigenvalue weighted by atomic mass is 14.8. The molecule has 0 radical (unpaired) electrons. The quantitative estimate of drug-likeness (QED) is 0.170. The molecule has 1 aliphatic carbocycles. The Morgan fingerprint density at radius 2 is 1.02 bits per heavy atom. The van der Waals surface area contributed by atoms with Crippen LogP contribution in [0.25, 0.3) is 88.6 Å². The van der Waals surface area contributed by atoms with Crippen molar-refractivity contribution in [3.05, 3.63) is 192 Å². The van der Waals surface area contributed by atoms with Crippen LogP contribution >= 0.6 is 0 Å². The Morgan fingerprint density at radius 3 is 1.71 bits per heavy atom. The molecule has 0 spiro atoms. The van der Waals surface area contributed by atoms with Crippen molar-refractivity contribution >= 4 is 60.9 Å². The van der Waals surface area contributed by atoms with Crippen LogP contribution in [-0.4, -0.2) is 0 Å². The number of nitrogens with zero attached hydrogens (tertiary/aromatic N) is 1. The molecule has 1 atom stereocenters. The van der Waals surface area contributed by atoms with Crippen molar-refractivity contribution in [1.29, 1.82) is 0 Å². The predicted octanol–water partition coefficient (Wildman–Crippen LogP) is 12.2. The number of hydrogen-bond acceptors (Lipinski definition) is 1. The minimum absolute atomic E-state index is 0.188. The van der Waals surface area contributed by atoms with E-state index in [9.17, 15) is 0 Å². The topological polar surface area (TPSA) is 12.4 Å². The summed E-state index contributed by atoms with van der Waals surface area (Å²) in [5, 5.41) is 12.5. The molecule has 11 rings (SSSR count). The summed E-state index contributed by atoms with van der Waals surface area (Å²) in [6.07, 6.45) is 7.11. The maximum absolute atomic E-state index is 5.09. The van der Waals surface area contributed by atoms with Crippen molar-refractivity contribution in [2.75, 3.05) is 0 Å². The summed E-state index contributed by atoms with van der Waals surface area (Å²) in [5.74, 6) is 0.188. The molecule has 236 valence electrons. The SMILES string of the molecule is C1=CC(c2ccc(-c3c4ccccc4c(-c4ccccc4)c4ccccc34)cc2)C=c2ccc3c(c21)-c1c(ccc2cc4ccccc4cc12)N=3. The smallest absolute Gasteiger partial charge is 0.0723 e. The van der Waals surface area contributed by atoms with Gasteiger partial charge in [0.1, 0.15) is 0 Å². The average Bonchev–Trinajstić information content (AvgIpc) is 3.59. The van der Waals surface area contributed by atoms with Crippen LogP contribution in [0.5, 0.6) is 0 Å². The van der Waals surface area contributed by atoms with Crippen LogP contribution in [0.1, 0.15) is 17.0 Å². The summed E-state index contributed by atoms with van der Waals surface area (Å²) in [4.78, 5) is 5.09. The third-order valence-electron chi connectivity index (χ3n) is 11.0. The third kappa shape index (κ3) is 4.32.